The average molecular weight is 644 g/mol. The number of pyridine rings is 2. The number of aryl methyl sites for hydroxylation is 1. The number of nitrogens with zero attached hydrogens (tertiary/aromatic N) is 3. The van der Waals surface area contributed by atoms with Crippen LogP contribution in [0.4, 0.5) is 0 Å². The van der Waals surface area contributed by atoms with E-state index in [-0.39, 0.29) is 4.75 Å². The van der Waals surface area contributed by atoms with E-state index in [4.69, 9.17) is 9.72 Å². The fourth-order valence-corrected chi connectivity index (χ4v) is 6.91. The van der Waals surface area contributed by atoms with Crippen LogP contribution in [0.5, 0.6) is 5.75 Å². The molecule has 47 heavy (non-hydrogen) atoms. The van der Waals surface area contributed by atoms with E-state index in [2.05, 4.69) is 91.8 Å². The predicted octanol–water partition coefficient (Wildman–Crippen LogP) is 9.73. The Bertz CT molecular complexity index is 2070. The number of hydrogen-bond acceptors (Lipinski definition) is 5. The molecule has 0 aliphatic heterocycles. The molecule has 0 radical (unpaired) electrons. The number of carboxylic acid groups (broad SMARTS) is 1. The Morgan fingerprint density at radius 1 is 0.915 bits per heavy atom. The molecular formula is C40H41N3O3S. The molecule has 0 aliphatic rings. The number of hydrogen-bond donors (Lipinski definition) is 1. The monoisotopic (exact) mass is 643 g/mol. The second-order valence-corrected chi connectivity index (χ2v) is 15.7. The summed E-state index contributed by atoms with van der Waals surface area (Å²) in [4.78, 5) is 22.8. The fraction of sp³-hybridized carbons (Fsp3) is 0.275. The molecule has 6 nitrogen and oxygen atoms in total. The highest BCUT2D eigenvalue weighted by atomic mass is 32.2. The molecule has 0 spiro atoms. The zero-order chi connectivity index (χ0) is 33.3. The Morgan fingerprint density at radius 3 is 2.40 bits per heavy atom. The van der Waals surface area contributed by atoms with E-state index in [9.17, 15) is 9.90 Å². The molecule has 3 heterocycles. The van der Waals surface area contributed by atoms with E-state index in [1.54, 1.807) is 25.6 Å². The number of carboxylic acids is 1. The zero-order valence-corrected chi connectivity index (χ0v) is 28.7. The summed E-state index contributed by atoms with van der Waals surface area (Å²) in [6.07, 6.45) is 2.23. The summed E-state index contributed by atoms with van der Waals surface area (Å²) in [6.45, 7) is 13.2. The van der Waals surface area contributed by atoms with Crippen LogP contribution in [0.25, 0.3) is 33.1 Å². The highest BCUT2D eigenvalue weighted by Gasteiger charge is 2.33. The van der Waals surface area contributed by atoms with E-state index in [0.29, 0.717) is 19.6 Å². The summed E-state index contributed by atoms with van der Waals surface area (Å²) in [5.41, 5.74) is 7.22. The number of thioether (sulfide) groups is 1. The van der Waals surface area contributed by atoms with Gasteiger partial charge in [0.1, 0.15) is 12.4 Å². The van der Waals surface area contributed by atoms with Crippen LogP contribution in [0.3, 0.4) is 0 Å². The average Bonchev–Trinajstić information content (AvgIpc) is 3.29. The van der Waals surface area contributed by atoms with Crippen LogP contribution in [0, 0.1) is 12.3 Å². The van der Waals surface area contributed by atoms with Crippen molar-refractivity contribution in [2.45, 2.75) is 70.8 Å². The predicted molar refractivity (Wildman–Crippen MR) is 192 cm³/mol. The van der Waals surface area contributed by atoms with Gasteiger partial charge < -0.3 is 14.4 Å². The Kier molecular flexibility index (Phi) is 8.86. The molecular weight excluding hydrogens is 603 g/mol. The lowest BCUT2D eigenvalue weighted by Gasteiger charge is -2.24. The lowest BCUT2D eigenvalue weighted by Crippen LogP contribution is -2.28. The van der Waals surface area contributed by atoms with Crippen molar-refractivity contribution in [2.24, 2.45) is 5.41 Å². The van der Waals surface area contributed by atoms with Gasteiger partial charge in [0.2, 0.25) is 0 Å². The third kappa shape index (κ3) is 7.36. The summed E-state index contributed by atoms with van der Waals surface area (Å²) in [5, 5.41) is 12.3. The smallest absolute Gasteiger partial charge is 0.309 e. The molecule has 0 fully saturated rings. The normalized spacial score (nSPS) is 12.1. The summed E-state index contributed by atoms with van der Waals surface area (Å²) in [5.74, 6) is -0.0673. The molecule has 3 aromatic heterocycles. The maximum Gasteiger partial charge on any atom is 0.309 e. The molecule has 0 unspecified atom stereocenters. The van der Waals surface area contributed by atoms with Crippen LogP contribution in [0.15, 0.2) is 102 Å². The number of carbonyl (C=O) groups is 1. The van der Waals surface area contributed by atoms with Gasteiger partial charge in [0.25, 0.3) is 0 Å². The second kappa shape index (κ2) is 12.9. The van der Waals surface area contributed by atoms with Gasteiger partial charge >= 0.3 is 5.97 Å². The minimum atomic E-state index is -0.957. The molecule has 0 bridgehead atoms. The molecule has 1 N–H and O–H groups in total. The van der Waals surface area contributed by atoms with Crippen LogP contribution in [-0.4, -0.2) is 30.4 Å². The first-order valence-corrected chi connectivity index (χ1v) is 16.7. The summed E-state index contributed by atoms with van der Waals surface area (Å²) >= 11 is 1.78. The highest BCUT2D eigenvalue weighted by Crippen LogP contribution is 2.44. The first-order chi connectivity index (χ1) is 22.4. The first kappa shape index (κ1) is 32.3. The van der Waals surface area contributed by atoms with E-state index >= 15 is 0 Å². The van der Waals surface area contributed by atoms with Gasteiger partial charge in [-0.15, -0.1) is 11.8 Å². The number of para-hydroxylation sites is 1. The topological polar surface area (TPSA) is 77.2 Å². The summed E-state index contributed by atoms with van der Waals surface area (Å²) in [7, 11) is 0. The van der Waals surface area contributed by atoms with Crippen LogP contribution in [0.2, 0.25) is 0 Å². The quantitative estimate of drug-likeness (QED) is 0.150. The molecule has 6 aromatic rings. The number of rotatable bonds is 10. The maximum atomic E-state index is 12.4. The third-order valence-corrected chi connectivity index (χ3v) is 9.51. The van der Waals surface area contributed by atoms with Gasteiger partial charge in [0.05, 0.1) is 22.3 Å². The Labute approximate surface area is 280 Å². The molecule has 240 valence electrons. The van der Waals surface area contributed by atoms with Gasteiger partial charge in [-0.3, -0.25) is 9.78 Å². The standard InChI is InChI=1S/C40H41N3O3S/c1-26-19-20-41-34(21-26)29-13-11-27(12-14-29)24-43-35-18-17-31(46-25-30-16-15-28-9-7-8-10-33(28)42-30)22-32(35)37(47-39(2,3)4)36(43)23-40(5,6)38(44)45/h7-22H,23-25H2,1-6H3,(H,44,45). The van der Waals surface area contributed by atoms with E-state index < -0.39 is 11.4 Å². The molecule has 0 saturated heterocycles. The van der Waals surface area contributed by atoms with Crippen molar-refractivity contribution >= 4 is 39.5 Å². The zero-order valence-electron chi connectivity index (χ0n) is 27.9. The Hall–Kier alpha value is -4.62. The highest BCUT2D eigenvalue weighted by molar-refractivity contribution is 8.00. The van der Waals surface area contributed by atoms with Crippen molar-refractivity contribution in [3.63, 3.8) is 0 Å². The number of aliphatic carboxylic acids is 1. The molecule has 0 atom stereocenters. The first-order valence-electron chi connectivity index (χ1n) is 15.9. The van der Waals surface area contributed by atoms with E-state index in [1.807, 2.05) is 42.6 Å². The molecule has 6 rings (SSSR count). The fourth-order valence-electron chi connectivity index (χ4n) is 5.72. The number of ether oxygens (including phenoxy) is 1. The lowest BCUT2D eigenvalue weighted by atomic mass is 9.88. The van der Waals surface area contributed by atoms with Gasteiger partial charge in [-0.25, -0.2) is 4.98 Å². The van der Waals surface area contributed by atoms with E-state index in [1.165, 1.54) is 5.56 Å². The molecule has 0 saturated carbocycles. The number of benzene rings is 3. The third-order valence-electron chi connectivity index (χ3n) is 8.24. The SMILES string of the molecule is Cc1ccnc(-c2ccc(Cn3c(CC(C)(C)C(=O)O)c(SC(C)(C)C)c4cc(OCc5ccc6ccccc6n5)ccc43)cc2)c1. The maximum absolute atomic E-state index is 12.4. The van der Waals surface area contributed by atoms with Crippen molar-refractivity contribution in [1.29, 1.82) is 0 Å². The van der Waals surface area contributed by atoms with Crippen LogP contribution in [-0.2, 0) is 24.4 Å². The van der Waals surface area contributed by atoms with E-state index in [0.717, 1.165) is 60.7 Å². The number of aromatic nitrogens is 3. The number of fused-ring (bicyclic) bond motifs is 2. The second-order valence-electron chi connectivity index (χ2n) is 13.8. The van der Waals surface area contributed by atoms with Gasteiger partial charge in [0.15, 0.2) is 0 Å². The Morgan fingerprint density at radius 2 is 1.68 bits per heavy atom. The van der Waals surface area contributed by atoms with Gasteiger partial charge in [-0.1, -0.05) is 69.3 Å². The van der Waals surface area contributed by atoms with Crippen molar-refractivity contribution < 1.29 is 14.6 Å². The van der Waals surface area contributed by atoms with Crippen molar-refractivity contribution in [2.75, 3.05) is 0 Å². The molecule has 7 heteroatoms. The molecule has 3 aromatic carbocycles. The minimum absolute atomic E-state index is 0.102. The van der Waals surface area contributed by atoms with Crippen LogP contribution in [0.1, 0.15) is 57.1 Å². The Balaban J connectivity index is 1.40. The largest absolute Gasteiger partial charge is 0.487 e. The summed E-state index contributed by atoms with van der Waals surface area (Å²) in [6, 6.07) is 31.0. The molecule has 0 amide bonds. The van der Waals surface area contributed by atoms with Crippen molar-refractivity contribution in [1.82, 2.24) is 14.5 Å². The van der Waals surface area contributed by atoms with Gasteiger partial charge in [-0.05, 0) is 74.4 Å². The minimum Gasteiger partial charge on any atom is -0.487 e. The summed E-state index contributed by atoms with van der Waals surface area (Å²) < 4.78 is 8.52. The van der Waals surface area contributed by atoms with Crippen LogP contribution >= 0.6 is 11.8 Å². The molecule has 0 aliphatic carbocycles. The lowest BCUT2D eigenvalue weighted by molar-refractivity contribution is -0.146. The van der Waals surface area contributed by atoms with Crippen molar-refractivity contribution in [3.8, 4) is 17.0 Å². The van der Waals surface area contributed by atoms with Crippen LogP contribution < -0.4 is 4.74 Å². The van der Waals surface area contributed by atoms with Gasteiger partial charge in [0, 0.05) is 56.4 Å². The van der Waals surface area contributed by atoms with Gasteiger partial charge in [-0.2, -0.15) is 0 Å². The van der Waals surface area contributed by atoms with Crippen molar-refractivity contribution in [3.05, 3.63) is 120 Å².